The van der Waals surface area contributed by atoms with Crippen LogP contribution in [0.4, 0.5) is 0 Å². The van der Waals surface area contributed by atoms with Crippen LogP contribution in [0.15, 0.2) is 42.5 Å². The van der Waals surface area contributed by atoms with Crippen LogP contribution in [0.2, 0.25) is 0 Å². The molecule has 2 rings (SSSR count). The SMILES string of the molecule is CCOc1cccc(Oc2cc(C#N)ccc2[C@H](C)O)c1. The lowest BCUT2D eigenvalue weighted by molar-refractivity contribution is 0.195. The molecule has 0 amide bonds. The molecule has 0 bridgehead atoms. The summed E-state index contributed by atoms with van der Waals surface area (Å²) >= 11 is 0. The molecule has 0 unspecified atom stereocenters. The summed E-state index contributed by atoms with van der Waals surface area (Å²) in [7, 11) is 0. The van der Waals surface area contributed by atoms with E-state index in [4.69, 9.17) is 14.7 Å². The lowest BCUT2D eigenvalue weighted by Gasteiger charge is -2.14. The smallest absolute Gasteiger partial charge is 0.134 e. The largest absolute Gasteiger partial charge is 0.494 e. The van der Waals surface area contributed by atoms with E-state index in [0.717, 1.165) is 0 Å². The van der Waals surface area contributed by atoms with Crippen molar-refractivity contribution in [1.29, 1.82) is 5.26 Å². The first kappa shape index (κ1) is 14.9. The molecule has 0 saturated heterocycles. The quantitative estimate of drug-likeness (QED) is 0.906. The Bertz CT molecular complexity index is 659. The standard InChI is InChI=1S/C17H17NO3/c1-3-20-14-5-4-6-15(10-14)21-17-9-13(11-18)7-8-16(17)12(2)19/h4-10,12,19H,3H2,1-2H3/t12-/m0/s1. The van der Waals surface area contributed by atoms with Gasteiger partial charge in [-0.3, -0.25) is 0 Å². The van der Waals surface area contributed by atoms with Crippen molar-refractivity contribution in [3.8, 4) is 23.3 Å². The van der Waals surface area contributed by atoms with Crippen molar-refractivity contribution in [2.75, 3.05) is 6.61 Å². The molecule has 0 aromatic heterocycles. The van der Waals surface area contributed by atoms with Crippen LogP contribution in [-0.2, 0) is 0 Å². The fourth-order valence-corrected chi connectivity index (χ4v) is 1.96. The number of aliphatic hydroxyl groups is 1. The predicted octanol–water partition coefficient (Wildman–Crippen LogP) is 3.80. The normalized spacial score (nSPS) is 11.5. The molecule has 4 nitrogen and oxygen atoms in total. The molecule has 1 N–H and O–H groups in total. The maximum atomic E-state index is 9.80. The van der Waals surface area contributed by atoms with Crippen molar-refractivity contribution in [1.82, 2.24) is 0 Å². The van der Waals surface area contributed by atoms with E-state index in [0.29, 0.717) is 35.0 Å². The Labute approximate surface area is 124 Å². The van der Waals surface area contributed by atoms with Crippen LogP contribution in [0.3, 0.4) is 0 Å². The van der Waals surface area contributed by atoms with Gasteiger partial charge in [0.15, 0.2) is 0 Å². The molecule has 0 radical (unpaired) electrons. The van der Waals surface area contributed by atoms with E-state index in [-0.39, 0.29) is 0 Å². The van der Waals surface area contributed by atoms with Crippen molar-refractivity contribution in [2.45, 2.75) is 20.0 Å². The Morgan fingerprint density at radius 3 is 2.62 bits per heavy atom. The highest BCUT2D eigenvalue weighted by Crippen LogP contribution is 2.32. The Kier molecular flexibility index (Phi) is 4.81. The molecule has 0 spiro atoms. The van der Waals surface area contributed by atoms with E-state index >= 15 is 0 Å². The summed E-state index contributed by atoms with van der Waals surface area (Å²) in [6, 6.07) is 14.3. The van der Waals surface area contributed by atoms with Crippen LogP contribution in [0.5, 0.6) is 17.2 Å². The molecule has 0 aliphatic heterocycles. The molecule has 4 heteroatoms. The van der Waals surface area contributed by atoms with E-state index in [2.05, 4.69) is 6.07 Å². The first-order valence-electron chi connectivity index (χ1n) is 6.77. The summed E-state index contributed by atoms with van der Waals surface area (Å²) in [5.41, 5.74) is 1.12. The zero-order valence-electron chi connectivity index (χ0n) is 12.0. The van der Waals surface area contributed by atoms with Crippen molar-refractivity contribution >= 4 is 0 Å². The highest BCUT2D eigenvalue weighted by molar-refractivity contribution is 5.46. The number of ether oxygens (including phenoxy) is 2. The minimum atomic E-state index is -0.678. The number of nitriles is 1. The molecular formula is C17H17NO3. The van der Waals surface area contributed by atoms with Gasteiger partial charge < -0.3 is 14.6 Å². The molecule has 0 saturated carbocycles. The lowest BCUT2D eigenvalue weighted by atomic mass is 10.1. The van der Waals surface area contributed by atoms with Gasteiger partial charge in [0.25, 0.3) is 0 Å². The van der Waals surface area contributed by atoms with E-state index < -0.39 is 6.10 Å². The summed E-state index contributed by atoms with van der Waals surface area (Å²) in [6.07, 6.45) is -0.678. The second-order valence-electron chi connectivity index (χ2n) is 4.55. The van der Waals surface area contributed by atoms with Gasteiger partial charge in [-0.05, 0) is 38.1 Å². The number of nitrogens with zero attached hydrogens (tertiary/aromatic N) is 1. The number of hydrogen-bond acceptors (Lipinski definition) is 4. The average Bonchev–Trinajstić information content (AvgIpc) is 2.47. The molecular weight excluding hydrogens is 266 g/mol. The maximum Gasteiger partial charge on any atom is 0.134 e. The molecule has 2 aromatic rings. The first-order valence-corrected chi connectivity index (χ1v) is 6.77. The van der Waals surface area contributed by atoms with Gasteiger partial charge in [0.1, 0.15) is 17.2 Å². The zero-order chi connectivity index (χ0) is 15.2. The fourth-order valence-electron chi connectivity index (χ4n) is 1.96. The van der Waals surface area contributed by atoms with Crippen LogP contribution in [0.25, 0.3) is 0 Å². The van der Waals surface area contributed by atoms with E-state index in [1.807, 2.05) is 19.1 Å². The highest BCUT2D eigenvalue weighted by Gasteiger charge is 2.11. The van der Waals surface area contributed by atoms with E-state index in [1.165, 1.54) is 0 Å². The Morgan fingerprint density at radius 2 is 1.95 bits per heavy atom. The number of rotatable bonds is 5. The third-order valence-electron chi connectivity index (χ3n) is 2.94. The number of aliphatic hydroxyl groups excluding tert-OH is 1. The van der Waals surface area contributed by atoms with Gasteiger partial charge in [0.05, 0.1) is 24.3 Å². The van der Waals surface area contributed by atoms with E-state index in [1.54, 1.807) is 37.3 Å². The van der Waals surface area contributed by atoms with Gasteiger partial charge in [-0.15, -0.1) is 0 Å². The van der Waals surface area contributed by atoms with Crippen LogP contribution < -0.4 is 9.47 Å². The van der Waals surface area contributed by atoms with Gasteiger partial charge in [-0.2, -0.15) is 5.26 Å². The average molecular weight is 283 g/mol. The Morgan fingerprint density at radius 1 is 1.19 bits per heavy atom. The molecule has 1 atom stereocenters. The van der Waals surface area contributed by atoms with Crippen molar-refractivity contribution in [2.24, 2.45) is 0 Å². The van der Waals surface area contributed by atoms with Crippen molar-refractivity contribution in [3.63, 3.8) is 0 Å². The monoisotopic (exact) mass is 283 g/mol. The lowest BCUT2D eigenvalue weighted by Crippen LogP contribution is -1.97. The van der Waals surface area contributed by atoms with E-state index in [9.17, 15) is 5.11 Å². The summed E-state index contributed by atoms with van der Waals surface area (Å²) in [5.74, 6) is 1.78. The molecule has 0 heterocycles. The summed E-state index contributed by atoms with van der Waals surface area (Å²) in [5, 5.41) is 18.8. The summed E-state index contributed by atoms with van der Waals surface area (Å²) in [4.78, 5) is 0. The molecule has 2 aromatic carbocycles. The molecule has 0 fully saturated rings. The number of benzene rings is 2. The predicted molar refractivity (Wildman–Crippen MR) is 79.5 cm³/mol. The van der Waals surface area contributed by atoms with Crippen molar-refractivity contribution in [3.05, 3.63) is 53.6 Å². The fraction of sp³-hybridized carbons (Fsp3) is 0.235. The number of hydrogen-bond donors (Lipinski definition) is 1. The second kappa shape index (κ2) is 6.78. The minimum absolute atomic E-state index is 0.470. The molecule has 21 heavy (non-hydrogen) atoms. The first-order chi connectivity index (χ1) is 10.1. The van der Waals surface area contributed by atoms with Gasteiger partial charge in [-0.25, -0.2) is 0 Å². The third-order valence-corrected chi connectivity index (χ3v) is 2.94. The molecule has 108 valence electrons. The minimum Gasteiger partial charge on any atom is -0.494 e. The summed E-state index contributed by atoms with van der Waals surface area (Å²) < 4.78 is 11.2. The van der Waals surface area contributed by atoms with Crippen molar-refractivity contribution < 1.29 is 14.6 Å². The Hall–Kier alpha value is -2.51. The van der Waals surface area contributed by atoms with Gasteiger partial charge >= 0.3 is 0 Å². The zero-order valence-corrected chi connectivity index (χ0v) is 12.0. The second-order valence-corrected chi connectivity index (χ2v) is 4.55. The van der Waals surface area contributed by atoms with Gasteiger partial charge in [-0.1, -0.05) is 12.1 Å². The molecule has 0 aliphatic carbocycles. The highest BCUT2D eigenvalue weighted by atomic mass is 16.5. The Balaban J connectivity index is 2.33. The van der Waals surface area contributed by atoms with Crippen LogP contribution in [0, 0.1) is 11.3 Å². The topological polar surface area (TPSA) is 62.5 Å². The maximum absolute atomic E-state index is 9.80. The summed E-state index contributed by atoms with van der Waals surface area (Å²) in [6.45, 7) is 4.15. The van der Waals surface area contributed by atoms with Crippen LogP contribution in [-0.4, -0.2) is 11.7 Å². The van der Waals surface area contributed by atoms with Crippen LogP contribution in [0.1, 0.15) is 31.1 Å². The third kappa shape index (κ3) is 3.74. The van der Waals surface area contributed by atoms with Crippen LogP contribution >= 0.6 is 0 Å². The molecule has 0 aliphatic rings. The van der Waals surface area contributed by atoms with Gasteiger partial charge in [0, 0.05) is 11.6 Å². The van der Waals surface area contributed by atoms with Gasteiger partial charge in [0.2, 0.25) is 0 Å².